The Morgan fingerprint density at radius 1 is 1.00 bits per heavy atom. The molecule has 1 N–H and O–H groups in total. The Hall–Kier alpha value is -1.38. The SMILES string of the molecule is C[Si](C)(c1ccccc1)[C@H](CO)C[C@H]1C[C@@H]1c1ccccc1. The first-order chi connectivity index (χ1) is 10.6. The number of hydrogen-bond acceptors (Lipinski definition) is 1. The van der Waals surface area contributed by atoms with Crippen LogP contribution in [0.2, 0.25) is 18.6 Å². The lowest BCUT2D eigenvalue weighted by molar-refractivity contribution is 0.277. The van der Waals surface area contributed by atoms with E-state index in [0.29, 0.717) is 12.1 Å². The van der Waals surface area contributed by atoms with E-state index >= 15 is 0 Å². The summed E-state index contributed by atoms with van der Waals surface area (Å²) < 4.78 is 0. The molecule has 2 aromatic carbocycles. The van der Waals surface area contributed by atoms with Crippen LogP contribution < -0.4 is 5.19 Å². The molecule has 0 heterocycles. The summed E-state index contributed by atoms with van der Waals surface area (Å²) in [6, 6.07) is 21.7. The van der Waals surface area contributed by atoms with Crippen LogP contribution in [-0.4, -0.2) is 19.8 Å². The Kier molecular flexibility index (Phi) is 4.51. The van der Waals surface area contributed by atoms with Crippen LogP contribution in [0.1, 0.15) is 24.3 Å². The summed E-state index contributed by atoms with van der Waals surface area (Å²) in [5.74, 6) is 1.48. The second kappa shape index (κ2) is 6.39. The molecule has 116 valence electrons. The maximum atomic E-state index is 9.99. The maximum absolute atomic E-state index is 9.99. The molecule has 0 unspecified atom stereocenters. The molecule has 0 aromatic heterocycles. The van der Waals surface area contributed by atoms with Crippen LogP contribution >= 0.6 is 0 Å². The predicted octanol–water partition coefficient (Wildman–Crippen LogP) is 4.16. The highest BCUT2D eigenvalue weighted by Crippen LogP contribution is 2.52. The molecule has 22 heavy (non-hydrogen) atoms. The third kappa shape index (κ3) is 3.18. The van der Waals surface area contributed by atoms with Crippen LogP contribution in [0.5, 0.6) is 0 Å². The molecule has 2 heteroatoms. The van der Waals surface area contributed by atoms with Gasteiger partial charge in [0.1, 0.15) is 0 Å². The summed E-state index contributed by atoms with van der Waals surface area (Å²) in [7, 11) is -1.61. The normalized spacial score (nSPS) is 22.3. The average Bonchev–Trinajstić information content (AvgIpc) is 3.33. The van der Waals surface area contributed by atoms with Crippen LogP contribution in [0.15, 0.2) is 60.7 Å². The minimum atomic E-state index is -1.61. The van der Waals surface area contributed by atoms with Gasteiger partial charge in [-0.05, 0) is 35.8 Å². The molecule has 0 saturated heterocycles. The van der Waals surface area contributed by atoms with E-state index in [9.17, 15) is 5.11 Å². The van der Waals surface area contributed by atoms with Crippen molar-refractivity contribution in [1.29, 1.82) is 0 Å². The number of aliphatic hydroxyl groups excluding tert-OH is 1. The summed E-state index contributed by atoms with van der Waals surface area (Å²) >= 11 is 0. The Morgan fingerprint density at radius 2 is 1.59 bits per heavy atom. The fourth-order valence-electron chi connectivity index (χ4n) is 3.68. The van der Waals surface area contributed by atoms with E-state index in [2.05, 4.69) is 73.8 Å². The minimum absolute atomic E-state index is 0.326. The van der Waals surface area contributed by atoms with Crippen molar-refractivity contribution in [3.05, 3.63) is 66.2 Å². The zero-order chi connectivity index (χ0) is 15.6. The fraction of sp³-hybridized carbons (Fsp3) is 0.400. The van der Waals surface area contributed by atoms with Gasteiger partial charge in [0, 0.05) is 6.61 Å². The quantitative estimate of drug-likeness (QED) is 0.794. The van der Waals surface area contributed by atoms with E-state index in [1.165, 1.54) is 23.6 Å². The molecule has 2 aromatic rings. The van der Waals surface area contributed by atoms with Crippen molar-refractivity contribution in [3.63, 3.8) is 0 Å². The second-order valence-corrected chi connectivity index (χ2v) is 12.1. The van der Waals surface area contributed by atoms with Gasteiger partial charge in [-0.2, -0.15) is 0 Å². The lowest BCUT2D eigenvalue weighted by Crippen LogP contribution is -2.47. The topological polar surface area (TPSA) is 20.2 Å². The van der Waals surface area contributed by atoms with E-state index in [1.807, 2.05) is 0 Å². The Balaban J connectivity index is 1.69. The van der Waals surface area contributed by atoms with E-state index in [1.54, 1.807) is 0 Å². The molecule has 0 radical (unpaired) electrons. The van der Waals surface area contributed by atoms with Gasteiger partial charge in [-0.3, -0.25) is 0 Å². The summed E-state index contributed by atoms with van der Waals surface area (Å²) in [6.45, 7) is 5.14. The summed E-state index contributed by atoms with van der Waals surface area (Å²) in [6.07, 6.45) is 2.46. The molecule has 1 aliphatic carbocycles. The largest absolute Gasteiger partial charge is 0.396 e. The highest BCUT2D eigenvalue weighted by atomic mass is 28.3. The molecule has 0 bridgehead atoms. The second-order valence-electron chi connectivity index (χ2n) is 7.22. The van der Waals surface area contributed by atoms with Crippen molar-refractivity contribution in [2.24, 2.45) is 5.92 Å². The molecule has 0 spiro atoms. The fourth-order valence-corrected chi connectivity index (χ4v) is 6.55. The van der Waals surface area contributed by atoms with Gasteiger partial charge < -0.3 is 5.11 Å². The molecule has 1 nitrogen and oxygen atoms in total. The molecule has 0 aliphatic heterocycles. The molecular weight excluding hydrogens is 284 g/mol. The lowest BCUT2D eigenvalue weighted by Gasteiger charge is -2.32. The standard InChI is InChI=1S/C20H26OSi/c1-22(2,18-11-7-4-8-12-18)19(15-21)13-17-14-20(17)16-9-5-3-6-10-16/h3-12,17,19-21H,13-15H2,1-2H3/t17-,19-,20+/m0/s1. The van der Waals surface area contributed by atoms with E-state index in [0.717, 1.165) is 11.8 Å². The van der Waals surface area contributed by atoms with Gasteiger partial charge in [0.05, 0.1) is 8.07 Å². The first-order valence-electron chi connectivity index (χ1n) is 8.34. The van der Waals surface area contributed by atoms with Gasteiger partial charge in [0.2, 0.25) is 0 Å². The van der Waals surface area contributed by atoms with Gasteiger partial charge >= 0.3 is 0 Å². The van der Waals surface area contributed by atoms with Crippen LogP contribution in [0.25, 0.3) is 0 Å². The molecule has 1 saturated carbocycles. The Morgan fingerprint density at radius 3 is 2.18 bits per heavy atom. The van der Waals surface area contributed by atoms with Crippen molar-refractivity contribution in [1.82, 2.24) is 0 Å². The average molecular weight is 311 g/mol. The van der Waals surface area contributed by atoms with Crippen LogP contribution in [0.4, 0.5) is 0 Å². The van der Waals surface area contributed by atoms with Crippen LogP contribution in [0, 0.1) is 5.92 Å². The van der Waals surface area contributed by atoms with Crippen molar-refractivity contribution < 1.29 is 5.11 Å². The van der Waals surface area contributed by atoms with Crippen molar-refractivity contribution in [3.8, 4) is 0 Å². The van der Waals surface area contributed by atoms with E-state index < -0.39 is 8.07 Å². The highest BCUT2D eigenvalue weighted by Gasteiger charge is 2.43. The predicted molar refractivity (Wildman–Crippen MR) is 96.3 cm³/mol. The van der Waals surface area contributed by atoms with Gasteiger partial charge in [0.15, 0.2) is 0 Å². The number of benzene rings is 2. The maximum Gasteiger partial charge on any atom is 0.0859 e. The molecule has 1 aliphatic rings. The summed E-state index contributed by atoms with van der Waals surface area (Å²) in [5.41, 5.74) is 1.93. The number of aliphatic hydroxyl groups is 1. The molecule has 3 rings (SSSR count). The Labute approximate surface area is 135 Å². The highest BCUT2D eigenvalue weighted by molar-refractivity contribution is 6.91. The van der Waals surface area contributed by atoms with Crippen LogP contribution in [-0.2, 0) is 0 Å². The van der Waals surface area contributed by atoms with Crippen LogP contribution in [0.3, 0.4) is 0 Å². The van der Waals surface area contributed by atoms with Gasteiger partial charge in [-0.25, -0.2) is 0 Å². The number of hydrogen-bond donors (Lipinski definition) is 1. The first-order valence-corrected chi connectivity index (χ1v) is 11.4. The van der Waals surface area contributed by atoms with Gasteiger partial charge in [0.25, 0.3) is 0 Å². The zero-order valence-corrected chi connectivity index (χ0v) is 14.6. The van der Waals surface area contributed by atoms with Crippen molar-refractivity contribution in [2.45, 2.75) is 37.4 Å². The molecule has 3 atom stereocenters. The lowest BCUT2D eigenvalue weighted by atomic mass is 10.1. The minimum Gasteiger partial charge on any atom is -0.396 e. The smallest absolute Gasteiger partial charge is 0.0859 e. The number of rotatable bonds is 6. The monoisotopic (exact) mass is 310 g/mol. The van der Waals surface area contributed by atoms with E-state index in [-0.39, 0.29) is 0 Å². The third-order valence-corrected chi connectivity index (χ3v) is 9.78. The van der Waals surface area contributed by atoms with Gasteiger partial charge in [-0.1, -0.05) is 78.9 Å². The third-order valence-electron chi connectivity index (χ3n) is 5.50. The first kappa shape index (κ1) is 15.5. The summed E-state index contributed by atoms with van der Waals surface area (Å²) in [4.78, 5) is 0. The molecule has 0 amide bonds. The zero-order valence-electron chi connectivity index (χ0n) is 13.6. The van der Waals surface area contributed by atoms with Gasteiger partial charge in [-0.15, -0.1) is 0 Å². The van der Waals surface area contributed by atoms with Crippen molar-refractivity contribution >= 4 is 13.3 Å². The van der Waals surface area contributed by atoms with Crippen molar-refractivity contribution in [2.75, 3.05) is 6.61 Å². The summed E-state index contributed by atoms with van der Waals surface area (Å²) in [5, 5.41) is 11.5. The Bertz CT molecular complexity index is 594. The van der Waals surface area contributed by atoms with E-state index in [4.69, 9.17) is 0 Å². The molecular formula is C20H26OSi. The molecule has 1 fully saturated rings.